The number of aryl methyl sites for hydroxylation is 1. The van der Waals surface area contributed by atoms with E-state index >= 15 is 0 Å². The topological polar surface area (TPSA) is 156 Å². The molecule has 13 heteroatoms. The third kappa shape index (κ3) is 8.49. The Kier molecular flexibility index (Phi) is 10.7. The first-order valence-electron chi connectivity index (χ1n) is 19.1. The van der Waals surface area contributed by atoms with Gasteiger partial charge < -0.3 is 14.4 Å². The van der Waals surface area contributed by atoms with E-state index in [2.05, 4.69) is 31.2 Å². The lowest BCUT2D eigenvalue weighted by atomic mass is 9.77. The largest absolute Gasteiger partial charge is 0.465 e. The number of fused-ring (bicyclic) bond motifs is 3. The molecule has 2 saturated carbocycles. The van der Waals surface area contributed by atoms with Crippen molar-refractivity contribution in [2.75, 3.05) is 13.2 Å². The van der Waals surface area contributed by atoms with Gasteiger partial charge in [0, 0.05) is 25.9 Å². The van der Waals surface area contributed by atoms with Gasteiger partial charge in [-0.3, -0.25) is 28.8 Å². The van der Waals surface area contributed by atoms with E-state index in [4.69, 9.17) is 9.47 Å². The fourth-order valence-electron chi connectivity index (χ4n) is 8.27. The molecule has 1 aromatic rings. The summed E-state index contributed by atoms with van der Waals surface area (Å²) in [7, 11) is -3.86. The Morgan fingerprint density at radius 3 is 2.45 bits per heavy atom. The number of carbonyl (C=O) groups excluding carboxylic acids is 5. The molecule has 1 saturated heterocycles. The first kappa shape index (κ1) is 39.0. The predicted molar refractivity (Wildman–Crippen MR) is 196 cm³/mol. The zero-order chi connectivity index (χ0) is 38.5. The van der Waals surface area contributed by atoms with Crippen LogP contribution in [0.2, 0.25) is 0 Å². The number of allylic oxidation sites excluding steroid dienone is 1. The van der Waals surface area contributed by atoms with Crippen molar-refractivity contribution in [2.24, 2.45) is 28.1 Å². The molecule has 0 radical (unpaired) electrons. The summed E-state index contributed by atoms with van der Waals surface area (Å²) in [6.45, 7) is 14.4. The Morgan fingerprint density at radius 1 is 1.08 bits per heavy atom. The molecule has 3 heterocycles. The van der Waals surface area contributed by atoms with E-state index in [1.165, 1.54) is 10.5 Å². The fourth-order valence-corrected chi connectivity index (χ4v) is 9.65. The third-order valence-electron chi connectivity index (χ3n) is 12.0. The molecule has 3 amide bonds. The molecule has 5 atom stereocenters. The van der Waals surface area contributed by atoms with E-state index in [9.17, 15) is 32.4 Å². The minimum atomic E-state index is -3.86. The predicted octanol–water partition coefficient (Wildman–Crippen LogP) is 5.22. The van der Waals surface area contributed by atoms with Gasteiger partial charge in [0.15, 0.2) is 5.78 Å². The van der Waals surface area contributed by atoms with Crippen LogP contribution < -0.4 is 4.72 Å². The molecule has 0 spiro atoms. The number of cyclic esters (lactones) is 1. The highest BCUT2D eigenvalue weighted by Gasteiger charge is 2.61. The van der Waals surface area contributed by atoms with Gasteiger partial charge in [0.1, 0.15) is 6.10 Å². The molecule has 2 aliphatic carbocycles. The Labute approximate surface area is 313 Å². The van der Waals surface area contributed by atoms with E-state index in [0.29, 0.717) is 25.9 Å². The Hall–Kier alpha value is -3.74. The van der Waals surface area contributed by atoms with Gasteiger partial charge in [-0.1, -0.05) is 65.3 Å². The molecule has 12 nitrogen and oxygen atoms in total. The van der Waals surface area contributed by atoms with Crippen molar-refractivity contribution in [3.05, 3.63) is 47.5 Å². The number of hydrogen-bond donors (Lipinski definition) is 1. The maximum atomic E-state index is 14.6. The van der Waals surface area contributed by atoms with Gasteiger partial charge in [0.05, 0.1) is 42.2 Å². The van der Waals surface area contributed by atoms with Crippen LogP contribution in [0.25, 0.3) is 0 Å². The number of Topliss-reactive ketones (excluding diaryl/α,β-unsaturated/α-hetero) is 1. The molecule has 1 N–H and O–H groups in total. The smallest absolute Gasteiger partial charge is 0.410 e. The van der Waals surface area contributed by atoms with Crippen molar-refractivity contribution in [1.29, 1.82) is 0 Å². The minimum absolute atomic E-state index is 0.00861. The number of hydrogen-bond acceptors (Lipinski definition) is 9. The zero-order valence-electron chi connectivity index (χ0n) is 31.8. The van der Waals surface area contributed by atoms with Crippen molar-refractivity contribution >= 4 is 39.7 Å². The number of esters is 1. The van der Waals surface area contributed by atoms with Crippen LogP contribution in [-0.2, 0) is 58.2 Å². The van der Waals surface area contributed by atoms with Crippen molar-refractivity contribution < 1.29 is 41.9 Å². The van der Waals surface area contributed by atoms with E-state index in [1.807, 2.05) is 32.9 Å². The summed E-state index contributed by atoms with van der Waals surface area (Å²) < 4.78 is 39.5. The third-order valence-corrected chi connectivity index (χ3v) is 13.8. The lowest BCUT2D eigenvalue weighted by Crippen LogP contribution is -2.48. The molecule has 290 valence electrons. The highest BCUT2D eigenvalue weighted by Crippen LogP contribution is 2.57. The van der Waals surface area contributed by atoms with Gasteiger partial charge >= 0.3 is 12.1 Å². The SMILES string of the molecule is C=C[C@@H]1C[C@]1(CC(=O)[C@@H]1C[C@@H]2CN1C(=O)[C@H](C(C)(C)C)CC(=O)OCC(C)(C)CCCCc1cccc3c1CN(C3)C(=O)O2)C(=O)NS(=O)(=O)C1CC1. The fraction of sp³-hybridized carbons (Fsp3) is 0.675. The summed E-state index contributed by atoms with van der Waals surface area (Å²) in [5.74, 6) is -3.40. The number of nitrogens with zero attached hydrogens (tertiary/aromatic N) is 2. The number of carbonyl (C=O) groups is 5. The van der Waals surface area contributed by atoms with E-state index < -0.39 is 79.7 Å². The molecular weight excluding hydrogens is 699 g/mol. The second-order valence-corrected chi connectivity index (χ2v) is 19.8. The summed E-state index contributed by atoms with van der Waals surface area (Å²) in [4.78, 5) is 72.5. The van der Waals surface area contributed by atoms with Gasteiger partial charge in [-0.05, 0) is 72.0 Å². The van der Waals surface area contributed by atoms with Gasteiger partial charge in [0.2, 0.25) is 21.8 Å². The van der Waals surface area contributed by atoms with Crippen LogP contribution in [0.1, 0.15) is 109 Å². The molecule has 53 heavy (non-hydrogen) atoms. The summed E-state index contributed by atoms with van der Waals surface area (Å²) in [5.41, 5.74) is 1.08. The maximum absolute atomic E-state index is 14.6. The van der Waals surface area contributed by atoms with Crippen molar-refractivity contribution in [3.8, 4) is 0 Å². The average Bonchev–Trinajstić information content (AvgIpc) is 3.97. The summed E-state index contributed by atoms with van der Waals surface area (Å²) in [6.07, 6.45) is 4.46. The van der Waals surface area contributed by atoms with E-state index in [-0.39, 0.29) is 44.2 Å². The molecule has 1 aromatic carbocycles. The number of ketones is 1. The first-order chi connectivity index (χ1) is 24.8. The lowest BCUT2D eigenvalue weighted by molar-refractivity contribution is -0.155. The van der Waals surface area contributed by atoms with E-state index in [1.54, 1.807) is 11.0 Å². The Bertz CT molecular complexity index is 1780. The molecule has 3 aliphatic heterocycles. The van der Waals surface area contributed by atoms with Crippen molar-refractivity contribution in [3.63, 3.8) is 0 Å². The van der Waals surface area contributed by atoms with Crippen LogP contribution in [0.3, 0.4) is 0 Å². The molecule has 6 rings (SSSR count). The van der Waals surface area contributed by atoms with Gasteiger partial charge in [-0.25, -0.2) is 13.2 Å². The monoisotopic (exact) mass is 753 g/mol. The number of nitrogens with one attached hydrogen (secondary N) is 1. The molecule has 5 aliphatic rings. The number of amides is 3. The molecular formula is C40H55N3O9S. The maximum Gasteiger partial charge on any atom is 0.410 e. The van der Waals surface area contributed by atoms with Crippen LogP contribution in [0.15, 0.2) is 30.9 Å². The van der Waals surface area contributed by atoms with E-state index in [0.717, 1.165) is 36.8 Å². The molecule has 4 bridgehead atoms. The van der Waals surface area contributed by atoms with Crippen LogP contribution in [0.4, 0.5) is 4.79 Å². The highest BCUT2D eigenvalue weighted by molar-refractivity contribution is 7.90. The highest BCUT2D eigenvalue weighted by atomic mass is 32.2. The summed E-state index contributed by atoms with van der Waals surface area (Å²) in [6, 6.07) is 5.06. The second-order valence-electron chi connectivity index (χ2n) is 17.8. The summed E-state index contributed by atoms with van der Waals surface area (Å²) in [5, 5.41) is -0.618. The molecule has 0 unspecified atom stereocenters. The number of ether oxygens (including phenoxy) is 2. The molecule has 3 fully saturated rings. The lowest BCUT2D eigenvalue weighted by Gasteiger charge is -2.35. The van der Waals surface area contributed by atoms with Crippen LogP contribution >= 0.6 is 0 Å². The Morgan fingerprint density at radius 2 is 1.79 bits per heavy atom. The van der Waals surface area contributed by atoms with Gasteiger partial charge in [0.25, 0.3) is 0 Å². The quantitative estimate of drug-likeness (QED) is 0.292. The minimum Gasteiger partial charge on any atom is -0.465 e. The van der Waals surface area contributed by atoms with Crippen molar-refractivity contribution in [1.82, 2.24) is 14.5 Å². The van der Waals surface area contributed by atoms with Crippen LogP contribution in [-0.4, -0.2) is 78.4 Å². The van der Waals surface area contributed by atoms with Crippen molar-refractivity contribution in [2.45, 2.75) is 129 Å². The zero-order valence-corrected chi connectivity index (χ0v) is 32.6. The Balaban J connectivity index is 1.28. The normalized spacial score (nSPS) is 29.6. The molecule has 0 aromatic heterocycles. The number of benzene rings is 1. The average molecular weight is 754 g/mol. The first-order valence-corrected chi connectivity index (χ1v) is 20.6. The number of rotatable bonds is 7. The number of sulfonamides is 1. The van der Waals surface area contributed by atoms with Gasteiger partial charge in [-0.15, -0.1) is 6.58 Å². The van der Waals surface area contributed by atoms with Crippen LogP contribution in [0.5, 0.6) is 0 Å². The van der Waals surface area contributed by atoms with Crippen LogP contribution in [0, 0.1) is 28.1 Å². The summed E-state index contributed by atoms with van der Waals surface area (Å²) >= 11 is 0. The second kappa shape index (κ2) is 14.5. The standard InChI is InChI=1S/C40H55N3O9S/c1-7-27-19-40(27,36(47)41-53(49,50)29-14-15-29)20-33(44)32-17-28-22-43(32)35(46)31(38(2,3)4)18-34(45)51-24-39(5,6)16-9-8-11-25-12-10-13-26-21-42(23-30(25)26)37(48)52-28/h7,10,12-13,27-29,31-32H,1,8-9,11,14-24H2,2-6H3,(H,41,47)/t27-,28-,31-,32+,40-/m1/s1. The van der Waals surface area contributed by atoms with Gasteiger partial charge in [-0.2, -0.15) is 0 Å².